The molecule has 4 nitrogen and oxygen atoms in total. The second-order valence-electron chi connectivity index (χ2n) is 3.23. The summed E-state index contributed by atoms with van der Waals surface area (Å²) in [5.41, 5.74) is 11.2. The van der Waals surface area contributed by atoms with Crippen LogP contribution in [-0.4, -0.2) is 16.5 Å². The summed E-state index contributed by atoms with van der Waals surface area (Å²) >= 11 is 6.27. The van der Waals surface area contributed by atoms with E-state index < -0.39 is 0 Å². The fourth-order valence-electron chi connectivity index (χ4n) is 1.15. The zero-order valence-corrected chi connectivity index (χ0v) is 10.4. The molecule has 0 aliphatic rings. The van der Waals surface area contributed by atoms with Gasteiger partial charge in [-0.25, -0.2) is 4.98 Å². The molecule has 1 aromatic heterocycles. The number of aromatic nitrogens is 1. The molecule has 0 bridgehead atoms. The minimum absolute atomic E-state index is 0.312. The minimum Gasteiger partial charge on any atom is -0.389 e. The van der Waals surface area contributed by atoms with Gasteiger partial charge in [-0.1, -0.05) is 43.3 Å². The van der Waals surface area contributed by atoms with Crippen molar-refractivity contribution in [2.24, 2.45) is 5.73 Å². The Morgan fingerprint density at radius 2 is 2.27 bits per heavy atom. The average Bonchev–Trinajstić information content (AvgIpc) is 2.55. The normalized spacial score (nSPS) is 10.2. The van der Waals surface area contributed by atoms with Crippen molar-refractivity contribution in [2.45, 2.75) is 26.2 Å². The van der Waals surface area contributed by atoms with Crippen LogP contribution >= 0.6 is 23.6 Å². The second-order valence-corrected chi connectivity index (χ2v) is 4.67. The van der Waals surface area contributed by atoms with Gasteiger partial charge in [0, 0.05) is 6.54 Å². The molecule has 1 rings (SSSR count). The number of nitrogens with two attached hydrogens (primary N) is 2. The third kappa shape index (κ3) is 3.64. The summed E-state index contributed by atoms with van der Waals surface area (Å²) in [5, 5.41) is 4.01. The Balaban J connectivity index is 2.48. The average molecular weight is 244 g/mol. The molecule has 0 amide bonds. The van der Waals surface area contributed by atoms with Crippen molar-refractivity contribution in [2.75, 3.05) is 17.6 Å². The highest BCUT2D eigenvalue weighted by Gasteiger charge is 2.09. The Morgan fingerprint density at radius 3 is 2.80 bits per heavy atom. The predicted molar refractivity (Wildman–Crippen MR) is 70.4 cm³/mol. The summed E-state index contributed by atoms with van der Waals surface area (Å²) < 4.78 is 0. The lowest BCUT2D eigenvalue weighted by atomic mass is 10.2. The van der Waals surface area contributed by atoms with E-state index in [1.807, 2.05) is 0 Å². The number of thiocarbonyl (C=S) groups is 1. The molecule has 84 valence electrons. The number of hydrogen-bond acceptors (Lipinski definition) is 5. The van der Waals surface area contributed by atoms with Gasteiger partial charge < -0.3 is 16.8 Å². The van der Waals surface area contributed by atoms with Crippen molar-refractivity contribution >= 4 is 39.5 Å². The van der Waals surface area contributed by atoms with E-state index in [9.17, 15) is 0 Å². The first-order chi connectivity index (χ1) is 7.15. The van der Waals surface area contributed by atoms with Crippen molar-refractivity contribution < 1.29 is 0 Å². The fourth-order valence-corrected chi connectivity index (χ4v) is 2.15. The van der Waals surface area contributed by atoms with Crippen LogP contribution < -0.4 is 16.8 Å². The molecule has 0 saturated heterocycles. The number of anilines is 2. The predicted octanol–water partition coefficient (Wildman–Crippen LogP) is 1.96. The van der Waals surface area contributed by atoms with Crippen LogP contribution in [0, 0.1) is 0 Å². The van der Waals surface area contributed by atoms with Gasteiger partial charge in [0.1, 0.15) is 15.7 Å². The largest absolute Gasteiger partial charge is 0.389 e. The number of nitrogens with zero attached hydrogens (tertiary/aromatic N) is 1. The smallest absolute Gasteiger partial charge is 0.185 e. The molecule has 0 fully saturated rings. The maximum absolute atomic E-state index is 5.66. The lowest BCUT2D eigenvalue weighted by Crippen LogP contribution is -2.09. The molecule has 6 heteroatoms. The molecule has 0 spiro atoms. The summed E-state index contributed by atoms with van der Waals surface area (Å²) in [7, 11) is 0. The Hall–Kier alpha value is -0.880. The summed E-state index contributed by atoms with van der Waals surface area (Å²) in [5.74, 6) is 0.422. The maximum atomic E-state index is 5.66. The lowest BCUT2D eigenvalue weighted by molar-refractivity contribution is 0.743. The molecule has 0 aliphatic carbocycles. The van der Waals surface area contributed by atoms with E-state index in [1.54, 1.807) is 0 Å². The van der Waals surface area contributed by atoms with Gasteiger partial charge in [-0.3, -0.25) is 0 Å². The van der Waals surface area contributed by atoms with Crippen molar-refractivity contribution in [1.82, 2.24) is 4.98 Å². The van der Waals surface area contributed by atoms with Gasteiger partial charge >= 0.3 is 0 Å². The van der Waals surface area contributed by atoms with E-state index in [0.29, 0.717) is 15.7 Å². The summed E-state index contributed by atoms with van der Waals surface area (Å²) in [6.45, 7) is 3.09. The van der Waals surface area contributed by atoms with Crippen molar-refractivity contribution in [3.05, 3.63) is 4.88 Å². The monoisotopic (exact) mass is 244 g/mol. The van der Waals surface area contributed by atoms with Gasteiger partial charge in [0.15, 0.2) is 5.13 Å². The zero-order valence-electron chi connectivity index (χ0n) is 8.75. The van der Waals surface area contributed by atoms with Crippen molar-refractivity contribution in [3.63, 3.8) is 0 Å². The van der Waals surface area contributed by atoms with Crippen molar-refractivity contribution in [1.29, 1.82) is 0 Å². The third-order valence-corrected chi connectivity index (χ3v) is 3.33. The number of hydrogen-bond donors (Lipinski definition) is 3. The van der Waals surface area contributed by atoms with Gasteiger partial charge in [0.25, 0.3) is 0 Å². The van der Waals surface area contributed by atoms with Crippen LogP contribution in [0.5, 0.6) is 0 Å². The fraction of sp³-hybridized carbons (Fsp3) is 0.556. The molecule has 0 aromatic carbocycles. The van der Waals surface area contributed by atoms with Crippen LogP contribution in [-0.2, 0) is 0 Å². The van der Waals surface area contributed by atoms with E-state index in [4.69, 9.17) is 23.7 Å². The van der Waals surface area contributed by atoms with Crippen LogP contribution in [0.2, 0.25) is 0 Å². The molecule has 1 heterocycles. The van der Waals surface area contributed by atoms with Gasteiger partial charge in [-0.2, -0.15) is 0 Å². The highest BCUT2D eigenvalue weighted by atomic mass is 32.1. The minimum atomic E-state index is 0.312. The number of rotatable bonds is 6. The van der Waals surface area contributed by atoms with Crippen molar-refractivity contribution in [3.8, 4) is 0 Å². The first-order valence-corrected chi connectivity index (χ1v) is 6.17. The van der Waals surface area contributed by atoms with Gasteiger partial charge in [0.05, 0.1) is 0 Å². The quantitative estimate of drug-likeness (QED) is 0.527. The number of nitrogen functional groups attached to an aromatic ring is 1. The molecule has 5 N–H and O–H groups in total. The Labute approximate surface area is 99.1 Å². The van der Waals surface area contributed by atoms with Gasteiger partial charge in [0.2, 0.25) is 0 Å². The molecule has 0 saturated carbocycles. The van der Waals surface area contributed by atoms with Crippen LogP contribution in [0.3, 0.4) is 0 Å². The molecule has 1 aromatic rings. The maximum Gasteiger partial charge on any atom is 0.185 e. The number of thiazole rings is 1. The third-order valence-electron chi connectivity index (χ3n) is 1.93. The number of nitrogens with one attached hydrogen (secondary N) is 1. The van der Waals surface area contributed by atoms with E-state index >= 15 is 0 Å². The molecule has 0 atom stereocenters. The molecular weight excluding hydrogens is 228 g/mol. The Bertz CT molecular complexity index is 335. The van der Waals surface area contributed by atoms with E-state index in [-0.39, 0.29) is 0 Å². The first-order valence-electron chi connectivity index (χ1n) is 4.95. The molecule has 0 aliphatic heterocycles. The van der Waals surface area contributed by atoms with Gasteiger partial charge in [-0.05, 0) is 6.42 Å². The standard InChI is InChI=1S/C9H16N4S2/c1-2-3-4-5-12-9-13-7(10)6(15-9)8(11)14/h2-5,10H2,1H3,(H2,11,14)(H,12,13). The molecule has 0 radical (unpaired) electrons. The van der Waals surface area contributed by atoms with Crippen LogP contribution in [0.15, 0.2) is 0 Å². The zero-order chi connectivity index (χ0) is 11.3. The van der Waals surface area contributed by atoms with E-state index in [2.05, 4.69) is 17.2 Å². The topological polar surface area (TPSA) is 77.0 Å². The Kier molecular flexibility index (Phi) is 4.77. The lowest BCUT2D eigenvalue weighted by Gasteiger charge is -1.99. The molecule has 15 heavy (non-hydrogen) atoms. The van der Waals surface area contributed by atoms with Crippen LogP contribution in [0.1, 0.15) is 31.1 Å². The summed E-state index contributed by atoms with van der Waals surface area (Å²) in [4.78, 5) is 5.16. The van der Waals surface area contributed by atoms with Crippen LogP contribution in [0.25, 0.3) is 0 Å². The SMILES string of the molecule is CCCCCNc1nc(N)c(C(N)=S)s1. The van der Waals surface area contributed by atoms with E-state index in [1.165, 1.54) is 24.2 Å². The highest BCUT2D eigenvalue weighted by molar-refractivity contribution is 7.81. The van der Waals surface area contributed by atoms with Gasteiger partial charge in [-0.15, -0.1) is 0 Å². The molecular formula is C9H16N4S2. The Morgan fingerprint density at radius 1 is 1.53 bits per heavy atom. The summed E-state index contributed by atoms with van der Waals surface area (Å²) in [6, 6.07) is 0. The van der Waals surface area contributed by atoms with Crippen LogP contribution in [0.4, 0.5) is 10.9 Å². The first kappa shape index (κ1) is 12.2. The van der Waals surface area contributed by atoms with E-state index in [0.717, 1.165) is 18.1 Å². The highest BCUT2D eigenvalue weighted by Crippen LogP contribution is 2.24. The summed E-state index contributed by atoms with van der Waals surface area (Å²) in [6.07, 6.45) is 3.56. The number of unbranched alkanes of at least 4 members (excludes halogenated alkanes) is 2. The second kappa shape index (κ2) is 5.87. The molecule has 0 unspecified atom stereocenters.